The molecule has 2 aromatic rings. The zero-order valence-corrected chi connectivity index (χ0v) is 19.0. The fraction of sp³-hybridized carbons (Fsp3) is 0.409. The highest BCUT2D eigenvalue weighted by atomic mass is 32.2. The number of sulfonamides is 1. The van der Waals surface area contributed by atoms with E-state index in [0.29, 0.717) is 42.0 Å². The molecule has 0 radical (unpaired) electrons. The second kappa shape index (κ2) is 10.5. The molecular weight excluding hydrogens is 416 g/mol. The number of piperidine rings is 1. The Labute approximate surface area is 184 Å². The molecule has 0 unspecified atom stereocenters. The topological polar surface area (TPSA) is 92.3 Å². The molecule has 168 valence electrons. The Bertz CT molecular complexity index is 1000. The first kappa shape index (κ1) is 22.9. The van der Waals surface area contributed by atoms with E-state index in [4.69, 9.17) is 9.47 Å². The van der Waals surface area contributed by atoms with Crippen molar-refractivity contribution in [3.05, 3.63) is 48.0 Å². The normalized spacial score (nSPS) is 15.4. The minimum atomic E-state index is -3.41. The summed E-state index contributed by atoms with van der Waals surface area (Å²) >= 11 is 0. The molecular formula is C22H30N4O4S. The van der Waals surface area contributed by atoms with Gasteiger partial charge in [-0.3, -0.25) is 4.99 Å². The monoisotopic (exact) mass is 446 g/mol. The number of rotatable bonds is 7. The van der Waals surface area contributed by atoms with Gasteiger partial charge in [0, 0.05) is 38.4 Å². The van der Waals surface area contributed by atoms with Crippen LogP contribution in [0.25, 0.3) is 0 Å². The van der Waals surface area contributed by atoms with Gasteiger partial charge in [0.05, 0.1) is 19.1 Å². The number of benzene rings is 2. The fourth-order valence-electron chi connectivity index (χ4n) is 3.45. The van der Waals surface area contributed by atoms with Gasteiger partial charge in [-0.2, -0.15) is 4.31 Å². The molecule has 0 saturated carbocycles. The number of nitrogens with zero attached hydrogens (tertiary/aromatic N) is 2. The number of hydrogen-bond donors (Lipinski definition) is 2. The molecule has 8 nitrogen and oxygen atoms in total. The fourth-order valence-corrected chi connectivity index (χ4v) is 4.97. The van der Waals surface area contributed by atoms with Crippen LogP contribution in [0.4, 0.5) is 5.69 Å². The van der Waals surface area contributed by atoms with Crippen molar-refractivity contribution in [1.82, 2.24) is 9.62 Å². The zero-order valence-electron chi connectivity index (χ0n) is 18.2. The third kappa shape index (κ3) is 5.68. The molecule has 3 rings (SSSR count). The summed E-state index contributed by atoms with van der Waals surface area (Å²) in [6.45, 7) is 1.70. The van der Waals surface area contributed by atoms with Crippen molar-refractivity contribution in [3.63, 3.8) is 0 Å². The van der Waals surface area contributed by atoms with Crippen LogP contribution >= 0.6 is 0 Å². The van der Waals surface area contributed by atoms with Gasteiger partial charge in [0.2, 0.25) is 10.0 Å². The van der Waals surface area contributed by atoms with Gasteiger partial charge < -0.3 is 20.1 Å². The van der Waals surface area contributed by atoms with Crippen LogP contribution in [0.1, 0.15) is 24.8 Å². The van der Waals surface area contributed by atoms with Crippen LogP contribution in [0.5, 0.6) is 11.5 Å². The van der Waals surface area contributed by atoms with Gasteiger partial charge in [-0.1, -0.05) is 18.6 Å². The van der Waals surface area contributed by atoms with Gasteiger partial charge in [-0.25, -0.2) is 8.42 Å². The van der Waals surface area contributed by atoms with Crippen LogP contribution in [0.2, 0.25) is 0 Å². The lowest BCUT2D eigenvalue weighted by Crippen LogP contribution is -2.35. The number of guanidine groups is 1. The quantitative estimate of drug-likeness (QED) is 0.502. The number of methoxy groups -OCH3 is 2. The largest absolute Gasteiger partial charge is 0.493 e. The standard InChI is InChI=1S/C22H30N4O4S/c1-23-22(25-18-9-12-20(29-2)21(15-18)30-3)24-16-17-7-10-19(11-8-17)31(27,28)26-13-5-4-6-14-26/h7-12,15H,4-6,13-14,16H2,1-3H3,(H2,23,24,25). The number of ether oxygens (including phenoxy) is 2. The molecule has 9 heteroatoms. The molecule has 1 heterocycles. The van der Waals surface area contributed by atoms with Crippen LogP contribution in [-0.2, 0) is 16.6 Å². The third-order valence-corrected chi connectivity index (χ3v) is 7.12. The minimum Gasteiger partial charge on any atom is -0.493 e. The molecule has 0 amide bonds. The van der Waals surface area contributed by atoms with E-state index in [-0.39, 0.29) is 0 Å². The van der Waals surface area contributed by atoms with E-state index in [1.165, 1.54) is 0 Å². The highest BCUT2D eigenvalue weighted by Crippen LogP contribution is 2.29. The lowest BCUT2D eigenvalue weighted by atomic mass is 10.2. The molecule has 1 aliphatic rings. The molecule has 1 aliphatic heterocycles. The van der Waals surface area contributed by atoms with E-state index in [0.717, 1.165) is 30.5 Å². The number of hydrogen-bond acceptors (Lipinski definition) is 5. The van der Waals surface area contributed by atoms with Crippen molar-refractivity contribution in [2.24, 2.45) is 4.99 Å². The molecule has 0 spiro atoms. The summed E-state index contributed by atoms with van der Waals surface area (Å²) in [6.07, 6.45) is 2.94. The first-order valence-electron chi connectivity index (χ1n) is 10.3. The van der Waals surface area contributed by atoms with Gasteiger partial charge >= 0.3 is 0 Å². The van der Waals surface area contributed by atoms with E-state index in [2.05, 4.69) is 15.6 Å². The maximum Gasteiger partial charge on any atom is 0.243 e. The van der Waals surface area contributed by atoms with Crippen molar-refractivity contribution in [2.75, 3.05) is 39.7 Å². The molecule has 0 aliphatic carbocycles. The maximum atomic E-state index is 12.8. The van der Waals surface area contributed by atoms with E-state index in [9.17, 15) is 8.42 Å². The van der Waals surface area contributed by atoms with Crippen LogP contribution in [0.3, 0.4) is 0 Å². The van der Waals surface area contributed by atoms with Gasteiger partial charge in [-0.05, 0) is 42.7 Å². The number of nitrogens with one attached hydrogen (secondary N) is 2. The summed E-state index contributed by atoms with van der Waals surface area (Å²) in [5, 5.41) is 6.43. The first-order chi connectivity index (χ1) is 15.0. The molecule has 0 atom stereocenters. The van der Waals surface area contributed by atoms with Gasteiger partial charge in [0.15, 0.2) is 17.5 Å². The van der Waals surface area contributed by atoms with Crippen LogP contribution in [-0.4, -0.2) is 53.0 Å². The van der Waals surface area contributed by atoms with E-state index >= 15 is 0 Å². The zero-order chi connectivity index (χ0) is 22.3. The van der Waals surface area contributed by atoms with Crippen molar-refractivity contribution < 1.29 is 17.9 Å². The van der Waals surface area contributed by atoms with E-state index in [1.807, 2.05) is 30.3 Å². The Morgan fingerprint density at radius 3 is 2.29 bits per heavy atom. The second-order valence-electron chi connectivity index (χ2n) is 7.23. The smallest absolute Gasteiger partial charge is 0.243 e. The minimum absolute atomic E-state index is 0.339. The number of aliphatic imine (C=N–C) groups is 1. The average molecular weight is 447 g/mol. The van der Waals surface area contributed by atoms with Crippen LogP contribution in [0, 0.1) is 0 Å². The third-order valence-electron chi connectivity index (χ3n) is 5.21. The molecule has 2 N–H and O–H groups in total. The lowest BCUT2D eigenvalue weighted by molar-refractivity contribution is 0.346. The second-order valence-corrected chi connectivity index (χ2v) is 9.17. The Morgan fingerprint density at radius 2 is 1.68 bits per heavy atom. The predicted molar refractivity (Wildman–Crippen MR) is 122 cm³/mol. The van der Waals surface area contributed by atoms with E-state index in [1.54, 1.807) is 37.7 Å². The highest BCUT2D eigenvalue weighted by molar-refractivity contribution is 7.89. The van der Waals surface area contributed by atoms with Crippen LogP contribution < -0.4 is 20.1 Å². The Balaban J connectivity index is 1.61. The predicted octanol–water partition coefficient (Wildman–Crippen LogP) is 3.07. The van der Waals surface area contributed by atoms with Gasteiger partial charge in [0.25, 0.3) is 0 Å². The molecule has 0 bridgehead atoms. The summed E-state index contributed by atoms with van der Waals surface area (Å²) in [5.41, 5.74) is 1.75. The first-order valence-corrected chi connectivity index (χ1v) is 11.7. The summed E-state index contributed by atoms with van der Waals surface area (Å²) < 4.78 is 37.7. The lowest BCUT2D eigenvalue weighted by Gasteiger charge is -2.25. The summed E-state index contributed by atoms with van der Waals surface area (Å²) in [7, 11) is 1.45. The molecule has 1 saturated heterocycles. The van der Waals surface area contributed by atoms with Crippen molar-refractivity contribution in [3.8, 4) is 11.5 Å². The van der Waals surface area contributed by atoms with Gasteiger partial charge in [0.1, 0.15) is 0 Å². The average Bonchev–Trinajstić information content (AvgIpc) is 2.82. The van der Waals surface area contributed by atoms with Crippen molar-refractivity contribution in [2.45, 2.75) is 30.7 Å². The van der Waals surface area contributed by atoms with Gasteiger partial charge in [-0.15, -0.1) is 0 Å². The number of anilines is 1. The summed E-state index contributed by atoms with van der Waals surface area (Å²) in [5.74, 6) is 1.85. The Kier molecular flexibility index (Phi) is 7.75. The SMILES string of the molecule is CN=C(NCc1ccc(S(=O)(=O)N2CCCCC2)cc1)Nc1ccc(OC)c(OC)c1. The molecule has 0 aromatic heterocycles. The molecule has 31 heavy (non-hydrogen) atoms. The summed E-state index contributed by atoms with van der Waals surface area (Å²) in [4.78, 5) is 4.57. The van der Waals surface area contributed by atoms with Crippen LogP contribution in [0.15, 0.2) is 52.4 Å². The molecule has 1 fully saturated rings. The van der Waals surface area contributed by atoms with Crippen molar-refractivity contribution >= 4 is 21.7 Å². The van der Waals surface area contributed by atoms with Crippen molar-refractivity contribution in [1.29, 1.82) is 0 Å². The summed E-state index contributed by atoms with van der Waals surface area (Å²) in [6, 6.07) is 12.5. The molecule has 2 aromatic carbocycles. The maximum absolute atomic E-state index is 12.8. The van der Waals surface area contributed by atoms with E-state index < -0.39 is 10.0 Å². The Morgan fingerprint density at radius 1 is 1.00 bits per heavy atom. The Hall–Kier alpha value is -2.78. The highest BCUT2D eigenvalue weighted by Gasteiger charge is 2.25.